The Bertz CT molecular complexity index is 813. The molecule has 7 nitrogen and oxygen atoms in total. The molecule has 2 N–H and O–H groups in total. The third kappa shape index (κ3) is 3.89. The molecule has 0 bridgehead atoms. The first-order valence-electron chi connectivity index (χ1n) is 9.16. The molecule has 0 amide bonds. The van der Waals surface area contributed by atoms with Crippen molar-refractivity contribution in [3.8, 4) is 11.5 Å². The van der Waals surface area contributed by atoms with Gasteiger partial charge in [0.25, 0.3) is 0 Å². The van der Waals surface area contributed by atoms with Crippen molar-refractivity contribution in [2.45, 2.75) is 25.8 Å². The Morgan fingerprint density at radius 2 is 1.85 bits per heavy atom. The largest absolute Gasteiger partial charge is 0.490 e. The fraction of sp³-hybridized carbons (Fsp3) is 0.474. The lowest BCUT2D eigenvalue weighted by Crippen LogP contribution is -2.32. The molecular formula is C19H23ClN4O3. The molecule has 1 atom stereocenters. The number of ether oxygens (including phenoxy) is 3. The summed E-state index contributed by atoms with van der Waals surface area (Å²) < 4.78 is 17.5. The van der Waals surface area contributed by atoms with Crippen LogP contribution in [0.15, 0.2) is 18.2 Å². The molecule has 2 aliphatic rings. The zero-order valence-corrected chi connectivity index (χ0v) is 16.0. The maximum Gasteiger partial charge on any atom is 0.222 e. The Labute approximate surface area is 163 Å². The zero-order valence-electron chi connectivity index (χ0n) is 15.3. The van der Waals surface area contributed by atoms with Crippen LogP contribution >= 0.6 is 11.6 Å². The number of hydrogen-bond donors (Lipinski definition) is 1. The molecular weight excluding hydrogens is 368 g/mol. The minimum atomic E-state index is -0.106. The van der Waals surface area contributed by atoms with E-state index in [0.29, 0.717) is 37.2 Å². The van der Waals surface area contributed by atoms with Gasteiger partial charge in [-0.2, -0.15) is 4.98 Å². The van der Waals surface area contributed by atoms with Crippen LogP contribution in [0.5, 0.6) is 11.5 Å². The molecule has 4 rings (SSSR count). The molecule has 1 aromatic heterocycles. The van der Waals surface area contributed by atoms with Crippen molar-refractivity contribution in [2.24, 2.45) is 0 Å². The van der Waals surface area contributed by atoms with Crippen LogP contribution in [-0.4, -0.2) is 42.9 Å². The van der Waals surface area contributed by atoms with Crippen LogP contribution in [0.1, 0.15) is 30.1 Å². The van der Waals surface area contributed by atoms with Gasteiger partial charge < -0.3 is 24.8 Å². The number of halogens is 1. The van der Waals surface area contributed by atoms with E-state index in [-0.39, 0.29) is 12.0 Å². The molecule has 2 aromatic rings. The van der Waals surface area contributed by atoms with Crippen molar-refractivity contribution in [3.05, 3.63) is 34.5 Å². The molecule has 0 spiro atoms. The lowest BCUT2D eigenvalue weighted by molar-refractivity contribution is 0.134. The minimum Gasteiger partial charge on any atom is -0.490 e. The number of fused-ring (bicyclic) bond motifs is 1. The Morgan fingerprint density at radius 1 is 1.07 bits per heavy atom. The van der Waals surface area contributed by atoms with Gasteiger partial charge in [0.2, 0.25) is 5.95 Å². The lowest BCUT2D eigenvalue weighted by Gasteiger charge is -2.31. The third-order valence-corrected chi connectivity index (χ3v) is 5.05. The molecule has 0 radical (unpaired) electrons. The van der Waals surface area contributed by atoms with Gasteiger partial charge in [-0.3, -0.25) is 0 Å². The van der Waals surface area contributed by atoms with Gasteiger partial charge >= 0.3 is 0 Å². The molecule has 0 aliphatic carbocycles. The number of hydrogen-bond acceptors (Lipinski definition) is 7. The zero-order chi connectivity index (χ0) is 18.8. The molecule has 8 heteroatoms. The normalized spacial score (nSPS) is 20.1. The predicted molar refractivity (Wildman–Crippen MR) is 104 cm³/mol. The average Bonchev–Trinajstić information content (AvgIpc) is 3.00. The number of nitrogens with zero attached hydrogens (tertiary/aromatic N) is 3. The number of benzene rings is 1. The number of aryl methyl sites for hydroxylation is 1. The Morgan fingerprint density at radius 3 is 2.63 bits per heavy atom. The maximum absolute atomic E-state index is 6.64. The fourth-order valence-electron chi connectivity index (χ4n) is 3.49. The van der Waals surface area contributed by atoms with Gasteiger partial charge in [-0.15, -0.1) is 0 Å². The SMILES string of the molecule is Cc1cc(N2CCCOC[C@@H]2c2cc3c(cc2Cl)OCCCO3)nc(N)n1. The molecule has 1 fully saturated rings. The van der Waals surface area contributed by atoms with E-state index >= 15 is 0 Å². The first-order valence-corrected chi connectivity index (χ1v) is 9.54. The highest BCUT2D eigenvalue weighted by Crippen LogP contribution is 2.40. The van der Waals surface area contributed by atoms with Gasteiger partial charge in [0.15, 0.2) is 11.5 Å². The van der Waals surface area contributed by atoms with Crippen molar-refractivity contribution in [1.29, 1.82) is 0 Å². The van der Waals surface area contributed by atoms with E-state index in [1.807, 2.05) is 25.1 Å². The first-order chi connectivity index (χ1) is 13.1. The van der Waals surface area contributed by atoms with Crippen LogP contribution in [0.2, 0.25) is 5.02 Å². The van der Waals surface area contributed by atoms with Crippen LogP contribution in [0, 0.1) is 6.92 Å². The fourth-order valence-corrected chi connectivity index (χ4v) is 3.77. The molecule has 1 aromatic carbocycles. The second-order valence-corrected chi connectivity index (χ2v) is 7.14. The van der Waals surface area contributed by atoms with Gasteiger partial charge in [0.05, 0.1) is 25.9 Å². The molecule has 3 heterocycles. The van der Waals surface area contributed by atoms with Gasteiger partial charge in [-0.1, -0.05) is 11.6 Å². The number of anilines is 2. The van der Waals surface area contributed by atoms with Crippen LogP contribution in [0.4, 0.5) is 11.8 Å². The lowest BCUT2D eigenvalue weighted by atomic mass is 10.0. The molecule has 0 saturated carbocycles. The van der Waals surface area contributed by atoms with E-state index < -0.39 is 0 Å². The Kier molecular flexibility index (Phi) is 5.22. The van der Waals surface area contributed by atoms with Gasteiger partial charge in [0, 0.05) is 42.4 Å². The summed E-state index contributed by atoms with van der Waals surface area (Å²) in [6.45, 7) is 5.13. The third-order valence-electron chi connectivity index (χ3n) is 4.72. The van der Waals surface area contributed by atoms with Crippen molar-refractivity contribution in [2.75, 3.05) is 43.6 Å². The van der Waals surface area contributed by atoms with E-state index in [2.05, 4.69) is 14.9 Å². The Hall–Kier alpha value is -2.25. The van der Waals surface area contributed by atoms with Gasteiger partial charge in [-0.25, -0.2) is 4.98 Å². The highest BCUT2D eigenvalue weighted by Gasteiger charge is 2.28. The topological polar surface area (TPSA) is 82.7 Å². The smallest absolute Gasteiger partial charge is 0.222 e. The number of nitrogens with two attached hydrogens (primary N) is 1. The number of nitrogen functional groups attached to an aromatic ring is 1. The quantitative estimate of drug-likeness (QED) is 0.843. The standard InChI is InChI=1S/C19H23ClN4O3/c1-12-8-18(23-19(21)22-12)24-4-2-5-25-11-15(24)13-9-16-17(10-14(13)20)27-7-3-6-26-16/h8-10,15H,2-7,11H2,1H3,(H2,21,22,23)/t15-/m1/s1. The summed E-state index contributed by atoms with van der Waals surface area (Å²) in [5, 5.41) is 0.624. The molecule has 1 saturated heterocycles. The summed E-state index contributed by atoms with van der Waals surface area (Å²) in [4.78, 5) is 10.8. The summed E-state index contributed by atoms with van der Waals surface area (Å²) in [5.41, 5.74) is 7.64. The summed E-state index contributed by atoms with van der Waals surface area (Å²) in [6, 6.07) is 5.63. The maximum atomic E-state index is 6.64. The number of aromatic nitrogens is 2. The second-order valence-electron chi connectivity index (χ2n) is 6.73. The van der Waals surface area contributed by atoms with E-state index in [0.717, 1.165) is 42.2 Å². The van der Waals surface area contributed by atoms with Crippen molar-refractivity contribution >= 4 is 23.4 Å². The van der Waals surface area contributed by atoms with Crippen molar-refractivity contribution in [3.63, 3.8) is 0 Å². The van der Waals surface area contributed by atoms with Gasteiger partial charge in [-0.05, 0) is 25.0 Å². The van der Waals surface area contributed by atoms with Crippen LogP contribution in [-0.2, 0) is 4.74 Å². The van der Waals surface area contributed by atoms with E-state index in [1.54, 1.807) is 0 Å². The second kappa shape index (κ2) is 7.78. The van der Waals surface area contributed by atoms with E-state index in [1.165, 1.54) is 0 Å². The summed E-state index contributed by atoms with van der Waals surface area (Å²) in [5.74, 6) is 2.44. The summed E-state index contributed by atoms with van der Waals surface area (Å²) in [6.07, 6.45) is 1.74. The highest BCUT2D eigenvalue weighted by atomic mass is 35.5. The molecule has 2 aliphatic heterocycles. The molecule has 27 heavy (non-hydrogen) atoms. The number of rotatable bonds is 2. The minimum absolute atomic E-state index is 0.106. The van der Waals surface area contributed by atoms with Gasteiger partial charge in [0.1, 0.15) is 5.82 Å². The van der Waals surface area contributed by atoms with E-state index in [4.69, 9.17) is 31.5 Å². The summed E-state index contributed by atoms with van der Waals surface area (Å²) >= 11 is 6.64. The van der Waals surface area contributed by atoms with Crippen molar-refractivity contribution < 1.29 is 14.2 Å². The predicted octanol–water partition coefficient (Wildman–Crippen LogP) is 3.15. The monoisotopic (exact) mass is 390 g/mol. The summed E-state index contributed by atoms with van der Waals surface area (Å²) in [7, 11) is 0. The van der Waals surface area contributed by atoms with Crippen molar-refractivity contribution in [1.82, 2.24) is 9.97 Å². The molecule has 144 valence electrons. The first kappa shape index (κ1) is 18.1. The van der Waals surface area contributed by atoms with Crippen LogP contribution in [0.25, 0.3) is 0 Å². The highest BCUT2D eigenvalue weighted by molar-refractivity contribution is 6.31. The van der Waals surface area contributed by atoms with Crippen LogP contribution in [0.3, 0.4) is 0 Å². The molecule has 0 unspecified atom stereocenters. The van der Waals surface area contributed by atoms with E-state index in [9.17, 15) is 0 Å². The van der Waals surface area contributed by atoms with Crippen LogP contribution < -0.4 is 20.1 Å². The Balaban J connectivity index is 1.76. The average molecular weight is 391 g/mol.